The third kappa shape index (κ3) is 5.20. The van der Waals surface area contributed by atoms with Gasteiger partial charge in [0.25, 0.3) is 0 Å². The van der Waals surface area contributed by atoms with E-state index in [1.165, 1.54) is 5.57 Å². The molecule has 2 N–H and O–H groups in total. The lowest BCUT2D eigenvalue weighted by Crippen LogP contribution is -2.32. The largest absolute Gasteiger partial charge is 0.468 e. The first kappa shape index (κ1) is 14.0. The molecule has 0 saturated heterocycles. The lowest BCUT2D eigenvalue weighted by atomic mass is 10.1. The minimum Gasteiger partial charge on any atom is -0.468 e. The van der Waals surface area contributed by atoms with Gasteiger partial charge in [0.05, 0.1) is 18.9 Å². The fraction of sp³-hybridized carbons (Fsp3) is 0.571. The van der Waals surface area contributed by atoms with Gasteiger partial charge in [0.2, 0.25) is 0 Å². The first-order chi connectivity index (χ1) is 8.13. The number of aliphatic hydroxyl groups excluding tert-OH is 1. The molecule has 1 heterocycles. The molecule has 0 amide bonds. The minimum atomic E-state index is -0.105. The zero-order chi connectivity index (χ0) is 12.7. The van der Waals surface area contributed by atoms with Crippen molar-refractivity contribution in [1.29, 1.82) is 0 Å². The van der Waals surface area contributed by atoms with Gasteiger partial charge in [0.1, 0.15) is 5.76 Å². The number of rotatable bonds is 7. The number of aliphatic hydroxyl groups is 1. The number of hydrogen-bond donors (Lipinski definition) is 2. The molecule has 2 unspecified atom stereocenters. The van der Waals surface area contributed by atoms with E-state index in [2.05, 4.69) is 32.2 Å². The van der Waals surface area contributed by atoms with Crippen molar-refractivity contribution in [2.45, 2.75) is 45.7 Å². The van der Waals surface area contributed by atoms with Crippen LogP contribution in [0.25, 0.3) is 0 Å². The van der Waals surface area contributed by atoms with Gasteiger partial charge in [-0.2, -0.15) is 0 Å². The van der Waals surface area contributed by atoms with Gasteiger partial charge in [-0.15, -0.1) is 0 Å². The van der Waals surface area contributed by atoms with Gasteiger partial charge in [0.15, 0.2) is 0 Å². The monoisotopic (exact) mass is 237 g/mol. The Kier molecular flexibility index (Phi) is 6.01. The smallest absolute Gasteiger partial charge is 0.123 e. The number of furan rings is 1. The van der Waals surface area contributed by atoms with Gasteiger partial charge in [-0.05, 0) is 45.7 Å². The number of allylic oxidation sites excluding steroid dienone is 2. The highest BCUT2D eigenvalue weighted by molar-refractivity contribution is 5.04. The standard InChI is InChI=1S/C14H23NO2/c1-11(2)6-4-7-12(3)15-13(10-16)14-8-5-9-17-14/h5-6,8-9,12-13,15-16H,4,7,10H2,1-3H3. The average Bonchev–Trinajstić information content (AvgIpc) is 2.78. The van der Waals surface area contributed by atoms with Crippen molar-refractivity contribution in [3.63, 3.8) is 0 Å². The molecule has 1 aromatic rings. The summed E-state index contributed by atoms with van der Waals surface area (Å²) in [6.45, 7) is 6.40. The van der Waals surface area contributed by atoms with Crippen LogP contribution in [0.3, 0.4) is 0 Å². The normalized spacial score (nSPS) is 14.4. The molecule has 3 heteroatoms. The fourth-order valence-corrected chi connectivity index (χ4v) is 1.76. The lowest BCUT2D eigenvalue weighted by molar-refractivity contribution is 0.215. The zero-order valence-electron chi connectivity index (χ0n) is 10.9. The summed E-state index contributed by atoms with van der Waals surface area (Å²) >= 11 is 0. The maximum Gasteiger partial charge on any atom is 0.123 e. The molecule has 0 aliphatic carbocycles. The van der Waals surface area contributed by atoms with E-state index in [1.807, 2.05) is 12.1 Å². The molecule has 0 aliphatic heterocycles. The molecule has 0 aliphatic rings. The Balaban J connectivity index is 2.38. The van der Waals surface area contributed by atoms with Gasteiger partial charge in [-0.3, -0.25) is 0 Å². The summed E-state index contributed by atoms with van der Waals surface area (Å²) in [4.78, 5) is 0. The zero-order valence-corrected chi connectivity index (χ0v) is 10.9. The second-order valence-corrected chi connectivity index (χ2v) is 4.68. The lowest BCUT2D eigenvalue weighted by Gasteiger charge is -2.19. The van der Waals surface area contributed by atoms with Gasteiger partial charge >= 0.3 is 0 Å². The summed E-state index contributed by atoms with van der Waals surface area (Å²) in [6, 6.07) is 3.98. The SMILES string of the molecule is CC(C)=CCCC(C)NC(CO)c1ccco1. The van der Waals surface area contributed by atoms with Crippen LogP contribution in [-0.4, -0.2) is 17.8 Å². The van der Waals surface area contributed by atoms with E-state index in [-0.39, 0.29) is 12.6 Å². The second-order valence-electron chi connectivity index (χ2n) is 4.68. The minimum absolute atomic E-state index is 0.0560. The van der Waals surface area contributed by atoms with Crippen molar-refractivity contribution in [3.8, 4) is 0 Å². The van der Waals surface area contributed by atoms with E-state index in [0.717, 1.165) is 18.6 Å². The van der Waals surface area contributed by atoms with Crippen LogP contribution in [0.15, 0.2) is 34.5 Å². The molecule has 0 spiro atoms. The maximum atomic E-state index is 9.33. The molecule has 0 radical (unpaired) electrons. The Hall–Kier alpha value is -1.06. The van der Waals surface area contributed by atoms with Crippen LogP contribution < -0.4 is 5.32 Å². The molecule has 17 heavy (non-hydrogen) atoms. The highest BCUT2D eigenvalue weighted by Crippen LogP contribution is 2.14. The number of hydrogen-bond acceptors (Lipinski definition) is 3. The molecule has 1 aromatic heterocycles. The number of nitrogens with one attached hydrogen (secondary N) is 1. The predicted octanol–water partition coefficient (Wildman–Crippen LogP) is 3.04. The molecule has 1 rings (SSSR count). The van der Waals surface area contributed by atoms with E-state index in [4.69, 9.17) is 4.42 Å². The summed E-state index contributed by atoms with van der Waals surface area (Å²) in [5.74, 6) is 0.793. The average molecular weight is 237 g/mol. The molecular weight excluding hydrogens is 214 g/mol. The third-order valence-corrected chi connectivity index (χ3v) is 2.71. The molecule has 96 valence electrons. The van der Waals surface area contributed by atoms with Crippen LogP contribution in [0.4, 0.5) is 0 Å². The highest BCUT2D eigenvalue weighted by Gasteiger charge is 2.15. The van der Waals surface area contributed by atoms with Crippen molar-refractivity contribution < 1.29 is 9.52 Å². The first-order valence-corrected chi connectivity index (χ1v) is 6.17. The van der Waals surface area contributed by atoms with Crippen molar-refractivity contribution >= 4 is 0 Å². The summed E-state index contributed by atoms with van der Waals surface area (Å²) < 4.78 is 5.30. The Morgan fingerprint density at radius 3 is 2.82 bits per heavy atom. The topological polar surface area (TPSA) is 45.4 Å². The summed E-state index contributed by atoms with van der Waals surface area (Å²) in [5.41, 5.74) is 1.35. The van der Waals surface area contributed by atoms with Crippen molar-refractivity contribution in [2.75, 3.05) is 6.61 Å². The maximum absolute atomic E-state index is 9.33. The van der Waals surface area contributed by atoms with Crippen LogP contribution in [-0.2, 0) is 0 Å². The van der Waals surface area contributed by atoms with Crippen LogP contribution in [0, 0.1) is 0 Å². The Morgan fingerprint density at radius 1 is 1.53 bits per heavy atom. The molecule has 0 saturated carbocycles. The van der Waals surface area contributed by atoms with Crippen LogP contribution >= 0.6 is 0 Å². The quantitative estimate of drug-likeness (QED) is 0.716. The van der Waals surface area contributed by atoms with Gasteiger partial charge in [-0.25, -0.2) is 0 Å². The van der Waals surface area contributed by atoms with Crippen LogP contribution in [0.2, 0.25) is 0 Å². The van der Waals surface area contributed by atoms with Crippen molar-refractivity contribution in [1.82, 2.24) is 5.32 Å². The molecule has 0 fully saturated rings. The van der Waals surface area contributed by atoms with Gasteiger partial charge in [0, 0.05) is 6.04 Å². The Labute approximate surface area is 104 Å². The van der Waals surface area contributed by atoms with Crippen LogP contribution in [0.1, 0.15) is 45.4 Å². The summed E-state index contributed by atoms with van der Waals surface area (Å²) in [6.07, 6.45) is 5.99. The summed E-state index contributed by atoms with van der Waals surface area (Å²) in [5, 5.41) is 12.7. The molecule has 3 nitrogen and oxygen atoms in total. The third-order valence-electron chi connectivity index (χ3n) is 2.71. The van der Waals surface area contributed by atoms with Gasteiger partial charge < -0.3 is 14.8 Å². The fourth-order valence-electron chi connectivity index (χ4n) is 1.76. The van der Waals surface area contributed by atoms with E-state index in [0.29, 0.717) is 6.04 Å². The van der Waals surface area contributed by atoms with Crippen LogP contribution in [0.5, 0.6) is 0 Å². The van der Waals surface area contributed by atoms with Crippen molar-refractivity contribution in [2.24, 2.45) is 0 Å². The molecule has 2 atom stereocenters. The Morgan fingerprint density at radius 2 is 2.29 bits per heavy atom. The van der Waals surface area contributed by atoms with E-state index in [9.17, 15) is 5.11 Å². The van der Waals surface area contributed by atoms with E-state index < -0.39 is 0 Å². The molecule has 0 aromatic carbocycles. The van der Waals surface area contributed by atoms with E-state index >= 15 is 0 Å². The molecule has 0 bridgehead atoms. The predicted molar refractivity (Wildman–Crippen MR) is 69.8 cm³/mol. The highest BCUT2D eigenvalue weighted by atomic mass is 16.3. The second kappa shape index (κ2) is 7.30. The molecular formula is C14H23NO2. The van der Waals surface area contributed by atoms with Crippen molar-refractivity contribution in [3.05, 3.63) is 35.8 Å². The van der Waals surface area contributed by atoms with E-state index in [1.54, 1.807) is 6.26 Å². The van der Waals surface area contributed by atoms with Gasteiger partial charge in [-0.1, -0.05) is 11.6 Å². The first-order valence-electron chi connectivity index (χ1n) is 6.17. The Bertz CT molecular complexity index is 326. The summed E-state index contributed by atoms with van der Waals surface area (Å²) in [7, 11) is 0.